The molecule has 0 aliphatic carbocycles. The Morgan fingerprint density at radius 2 is 0.595 bits per heavy atom. The van der Waals surface area contributed by atoms with Crippen molar-refractivity contribution in [1.29, 1.82) is 0 Å². The number of nitrogens with zero attached hydrogens (tertiary/aromatic N) is 8. The number of phenolic OH excluding ortho intramolecular Hbond substituents is 4. The first-order valence-corrected chi connectivity index (χ1v) is 23.2. The van der Waals surface area contributed by atoms with Crippen LogP contribution < -0.4 is 31.1 Å². The molecule has 4 aromatic carbocycles. The number of phenols is 4. The van der Waals surface area contributed by atoms with Crippen LogP contribution in [0.5, 0.6) is 23.0 Å². The van der Waals surface area contributed by atoms with Gasteiger partial charge in [0.25, 0.3) is 0 Å². The second-order valence-electron chi connectivity index (χ2n) is 16.9. The van der Waals surface area contributed by atoms with Gasteiger partial charge in [0.1, 0.15) is 47.2 Å². The van der Waals surface area contributed by atoms with Crippen LogP contribution in [0.2, 0.25) is 0 Å². The second kappa shape index (κ2) is 24.8. The molecule has 0 spiro atoms. The molecule has 388 valence electrons. The van der Waals surface area contributed by atoms with Crippen LogP contribution in [0.3, 0.4) is 0 Å². The molecule has 8 N–H and O–H groups in total. The van der Waals surface area contributed by atoms with Crippen molar-refractivity contribution in [1.82, 2.24) is 29.9 Å². The number of aromatic nitrogens is 6. The number of nitrogens with one attached hydrogen (secondary N) is 4. The molecular formula is C50H56N12O12. The summed E-state index contributed by atoms with van der Waals surface area (Å²) in [5, 5.41) is 51.8. The van der Waals surface area contributed by atoms with Crippen LogP contribution in [-0.2, 0) is 63.8 Å². The minimum atomic E-state index is -1.01. The zero-order chi connectivity index (χ0) is 52.7. The molecule has 1 fully saturated rings. The maximum atomic E-state index is 13.2. The Kier molecular flexibility index (Phi) is 17.6. The van der Waals surface area contributed by atoms with Crippen LogP contribution >= 0.6 is 0 Å². The number of rotatable bonds is 22. The number of benzene rings is 4. The maximum Gasteiger partial charge on any atom is 0.328 e. The van der Waals surface area contributed by atoms with Gasteiger partial charge in [-0.15, -0.1) is 0 Å². The second-order valence-corrected chi connectivity index (χ2v) is 16.9. The topological polar surface area (TPSA) is 318 Å². The molecule has 1 aliphatic rings. The molecule has 74 heavy (non-hydrogen) atoms. The summed E-state index contributed by atoms with van der Waals surface area (Å²) in [5.41, 5.74) is 2.78. The molecule has 0 bridgehead atoms. The minimum Gasteiger partial charge on any atom is -0.508 e. The van der Waals surface area contributed by atoms with Crippen LogP contribution in [0.25, 0.3) is 0 Å². The molecule has 0 amide bonds. The first kappa shape index (κ1) is 52.6. The van der Waals surface area contributed by atoms with Crippen LogP contribution in [0.1, 0.15) is 22.3 Å². The van der Waals surface area contributed by atoms with Gasteiger partial charge >= 0.3 is 23.9 Å². The highest BCUT2D eigenvalue weighted by molar-refractivity contribution is 5.81. The molecule has 24 nitrogen and oxygen atoms in total. The monoisotopic (exact) mass is 1020 g/mol. The summed E-state index contributed by atoms with van der Waals surface area (Å²) in [7, 11) is 4.99. The molecule has 0 radical (unpaired) electrons. The van der Waals surface area contributed by atoms with Gasteiger partial charge in [-0.2, -0.15) is 29.9 Å². The fraction of sp³-hybridized carbons (Fsp3) is 0.320. The third-order valence-corrected chi connectivity index (χ3v) is 11.8. The quantitative estimate of drug-likeness (QED) is 0.0358. The van der Waals surface area contributed by atoms with Crippen molar-refractivity contribution in [2.75, 3.05) is 85.7 Å². The maximum absolute atomic E-state index is 13.2. The number of hydrogen-bond acceptors (Lipinski definition) is 24. The highest BCUT2D eigenvalue weighted by Gasteiger charge is 2.30. The van der Waals surface area contributed by atoms with Gasteiger partial charge in [0.15, 0.2) is 0 Å². The summed E-state index contributed by atoms with van der Waals surface area (Å²) in [6.45, 7) is 1.05. The van der Waals surface area contributed by atoms with E-state index < -0.39 is 48.0 Å². The Morgan fingerprint density at radius 1 is 0.392 bits per heavy atom. The van der Waals surface area contributed by atoms with Gasteiger partial charge in [-0.1, -0.05) is 48.5 Å². The minimum absolute atomic E-state index is 0.0359. The van der Waals surface area contributed by atoms with Crippen LogP contribution in [0.4, 0.5) is 35.7 Å². The van der Waals surface area contributed by atoms with Gasteiger partial charge in [0, 0.05) is 51.9 Å². The predicted octanol–water partition coefficient (Wildman–Crippen LogP) is 2.99. The molecule has 3 heterocycles. The normalized spacial score (nSPS) is 13.8. The lowest BCUT2D eigenvalue weighted by atomic mass is 10.1. The smallest absolute Gasteiger partial charge is 0.328 e. The highest BCUT2D eigenvalue weighted by atomic mass is 16.5. The van der Waals surface area contributed by atoms with Crippen molar-refractivity contribution in [2.24, 2.45) is 0 Å². The van der Waals surface area contributed by atoms with E-state index in [1.807, 2.05) is 9.80 Å². The molecule has 7 rings (SSSR count). The van der Waals surface area contributed by atoms with Crippen molar-refractivity contribution < 1.29 is 58.6 Å². The molecular weight excluding hydrogens is 961 g/mol. The van der Waals surface area contributed by atoms with Gasteiger partial charge in [-0.05, 0) is 70.8 Å². The molecule has 4 atom stereocenters. The van der Waals surface area contributed by atoms with Gasteiger partial charge in [-0.3, -0.25) is 0 Å². The summed E-state index contributed by atoms with van der Waals surface area (Å²) in [4.78, 5) is 84.6. The van der Waals surface area contributed by atoms with Gasteiger partial charge in [0.05, 0.1) is 28.4 Å². The molecule has 6 aromatic rings. The largest absolute Gasteiger partial charge is 0.508 e. The number of methoxy groups -OCH3 is 4. The fourth-order valence-electron chi connectivity index (χ4n) is 7.81. The lowest BCUT2D eigenvalue weighted by Gasteiger charge is -2.35. The van der Waals surface area contributed by atoms with Crippen molar-refractivity contribution in [3.63, 3.8) is 0 Å². The molecule has 1 saturated heterocycles. The van der Waals surface area contributed by atoms with E-state index >= 15 is 0 Å². The molecule has 1 aliphatic heterocycles. The first-order chi connectivity index (χ1) is 35.7. The summed E-state index contributed by atoms with van der Waals surface area (Å²) in [6, 6.07) is 21.3. The van der Waals surface area contributed by atoms with Crippen molar-refractivity contribution in [2.45, 2.75) is 49.9 Å². The Morgan fingerprint density at radius 3 is 0.784 bits per heavy atom. The van der Waals surface area contributed by atoms with E-state index in [0.29, 0.717) is 22.3 Å². The van der Waals surface area contributed by atoms with E-state index in [-0.39, 0.29) is 111 Å². The van der Waals surface area contributed by atoms with E-state index in [9.17, 15) is 39.6 Å². The summed E-state index contributed by atoms with van der Waals surface area (Å²) < 4.78 is 20.5. The van der Waals surface area contributed by atoms with Crippen molar-refractivity contribution in [3.05, 3.63) is 119 Å². The van der Waals surface area contributed by atoms with E-state index in [2.05, 4.69) is 31.2 Å². The average molecular weight is 1020 g/mol. The zero-order valence-corrected chi connectivity index (χ0v) is 40.8. The Labute approximate surface area is 424 Å². The van der Waals surface area contributed by atoms with Crippen LogP contribution in [0.15, 0.2) is 97.1 Å². The van der Waals surface area contributed by atoms with E-state index in [1.165, 1.54) is 77.0 Å². The molecule has 0 unspecified atom stereocenters. The fourth-order valence-corrected chi connectivity index (χ4v) is 7.81. The SMILES string of the molecule is COC(=O)[C@H](Cc1ccc(O)cc1)Nc1nc(N[C@@H](Cc2ccc(O)cc2)C(=O)OC)nc(N2CCN(c3nc(N[C@@H](Cc4ccc(O)cc4)C(=O)OC)nc(N[C@@H](Cc4ccc(O)cc4)C(=O)OC)n3)CC2)n1. The predicted molar refractivity (Wildman–Crippen MR) is 269 cm³/mol. The number of hydrogen-bond donors (Lipinski definition) is 8. The number of anilines is 6. The number of aromatic hydroxyl groups is 4. The van der Waals surface area contributed by atoms with Crippen LogP contribution in [-0.4, -0.2) is 153 Å². The third kappa shape index (κ3) is 14.4. The van der Waals surface area contributed by atoms with Gasteiger partial charge in [-0.25, -0.2) is 19.2 Å². The lowest BCUT2D eigenvalue weighted by molar-refractivity contribution is -0.142. The number of ether oxygens (including phenoxy) is 4. The molecule has 2 aromatic heterocycles. The number of esters is 4. The zero-order valence-electron chi connectivity index (χ0n) is 40.8. The van der Waals surface area contributed by atoms with E-state index in [0.717, 1.165) is 0 Å². The van der Waals surface area contributed by atoms with Crippen molar-refractivity contribution >= 4 is 59.6 Å². The number of carbonyl (C=O) groups excluding carboxylic acids is 4. The molecule has 24 heteroatoms. The number of piperazine rings is 1. The highest BCUT2D eigenvalue weighted by Crippen LogP contribution is 2.24. The average Bonchev–Trinajstić information content (AvgIpc) is 3.41. The van der Waals surface area contributed by atoms with Gasteiger partial charge < -0.3 is 70.4 Å². The summed E-state index contributed by atoms with van der Waals surface area (Å²) in [6.07, 6.45) is 0.480. The first-order valence-electron chi connectivity index (χ1n) is 23.2. The van der Waals surface area contributed by atoms with Crippen LogP contribution in [0, 0.1) is 0 Å². The Hall–Kier alpha value is -9.22. The Bertz CT molecular complexity index is 2490. The lowest BCUT2D eigenvalue weighted by Crippen LogP contribution is -2.48. The van der Waals surface area contributed by atoms with E-state index in [1.54, 1.807) is 48.5 Å². The number of carbonyl (C=O) groups is 4. The van der Waals surface area contributed by atoms with Gasteiger partial charge in [0.2, 0.25) is 35.7 Å². The standard InChI is InChI=1S/C50H56N12O12/c1-71-41(67)37(25-29-5-13-33(63)14-6-29)51-45-55-46(52-38(42(68)72-2)26-30-7-15-34(64)16-8-30)58-49(57-45)61-21-23-62(24-22-61)50-59-47(53-39(43(69)73-3)27-31-9-17-35(65)18-10-31)56-48(60-50)54-40(44(70)74-4)28-32-11-19-36(66)20-12-32/h5-20,37-40,63-66H,21-28H2,1-4H3,(H2,51,52,55,57,58)(H2,53,54,56,59,60)/t37-,38-,39-,40-/m0/s1. The molecule has 0 saturated carbocycles. The third-order valence-electron chi connectivity index (χ3n) is 11.8. The van der Waals surface area contributed by atoms with E-state index in [4.69, 9.17) is 38.9 Å². The van der Waals surface area contributed by atoms with Crippen molar-refractivity contribution in [3.8, 4) is 23.0 Å². The summed E-state index contributed by atoms with van der Waals surface area (Å²) in [5.74, 6) is -2.12. The Balaban J connectivity index is 1.19. The summed E-state index contributed by atoms with van der Waals surface area (Å²) >= 11 is 0.